The van der Waals surface area contributed by atoms with E-state index in [-0.39, 0.29) is 0 Å². The number of nitrogens with one attached hydrogen (secondary N) is 1. The fraction of sp³-hybridized carbons (Fsp3) is 0.357. The molecule has 2 aliphatic heterocycles. The molecule has 1 aromatic heterocycles. The van der Waals surface area contributed by atoms with Crippen molar-refractivity contribution in [3.05, 3.63) is 67.4 Å². The maximum atomic E-state index is 15.0. The molecule has 0 unspecified atom stereocenters. The minimum atomic E-state index is -1.18. The summed E-state index contributed by atoms with van der Waals surface area (Å²) in [4.78, 5) is 11.3. The van der Waals surface area contributed by atoms with Crippen LogP contribution in [0.3, 0.4) is 0 Å². The van der Waals surface area contributed by atoms with Gasteiger partial charge in [0.15, 0.2) is 0 Å². The van der Waals surface area contributed by atoms with Crippen molar-refractivity contribution in [2.45, 2.75) is 24.9 Å². The molecular formula is C28H31FN4O3. The second kappa shape index (κ2) is 11.0. The number of allylic oxidation sites excluding steroid dienone is 1. The standard InChI is InChI=1S/C28H31FN4O3/c1-2-9-28(29)10-13-33(14-11-28)25-7-6-22-20-26(25)36-18-16-34-15-17-35-23-5-3-4-21(19-23)24-8-12-30-27(31-22)32-24/h2-8,12,19-20H,1,9-11,13-18H2,(H,30,31,32). The van der Waals surface area contributed by atoms with Crippen LogP contribution in [0.4, 0.5) is 21.7 Å². The van der Waals surface area contributed by atoms with Crippen LogP contribution in [-0.2, 0) is 4.74 Å². The lowest BCUT2D eigenvalue weighted by Gasteiger charge is -2.38. The fourth-order valence-electron chi connectivity index (χ4n) is 4.56. The summed E-state index contributed by atoms with van der Waals surface area (Å²) in [5.74, 6) is 1.95. The summed E-state index contributed by atoms with van der Waals surface area (Å²) >= 11 is 0. The Bertz CT molecular complexity index is 1200. The van der Waals surface area contributed by atoms with Crippen molar-refractivity contribution in [2.24, 2.45) is 0 Å². The van der Waals surface area contributed by atoms with Crippen LogP contribution in [-0.4, -0.2) is 55.2 Å². The number of piperidine rings is 1. The molecule has 2 aliphatic rings. The van der Waals surface area contributed by atoms with Gasteiger partial charge in [-0.25, -0.2) is 14.4 Å². The average Bonchev–Trinajstić information content (AvgIpc) is 2.89. The lowest BCUT2D eigenvalue weighted by atomic mass is 9.90. The smallest absolute Gasteiger partial charge is 0.227 e. The van der Waals surface area contributed by atoms with Crippen molar-refractivity contribution in [1.82, 2.24) is 9.97 Å². The number of anilines is 3. The number of alkyl halides is 1. The predicted molar refractivity (Wildman–Crippen MR) is 139 cm³/mol. The Labute approximate surface area is 210 Å². The van der Waals surface area contributed by atoms with E-state index in [9.17, 15) is 4.39 Å². The largest absolute Gasteiger partial charge is 0.491 e. The monoisotopic (exact) mass is 490 g/mol. The Hall–Kier alpha value is -3.65. The molecule has 5 rings (SSSR count). The molecule has 6 bridgehead atoms. The van der Waals surface area contributed by atoms with Gasteiger partial charge < -0.3 is 24.4 Å². The van der Waals surface area contributed by atoms with E-state index in [4.69, 9.17) is 14.2 Å². The highest BCUT2D eigenvalue weighted by Crippen LogP contribution is 2.38. The van der Waals surface area contributed by atoms with E-state index in [1.807, 2.05) is 48.5 Å². The van der Waals surface area contributed by atoms with Crippen molar-refractivity contribution < 1.29 is 18.6 Å². The van der Waals surface area contributed by atoms with E-state index in [1.54, 1.807) is 12.3 Å². The van der Waals surface area contributed by atoms with Crippen LogP contribution in [0.1, 0.15) is 19.3 Å². The third-order valence-corrected chi connectivity index (χ3v) is 6.49. The Morgan fingerprint density at radius 3 is 2.69 bits per heavy atom. The number of aromatic nitrogens is 2. The number of halogens is 1. The molecule has 188 valence electrons. The molecule has 0 aliphatic carbocycles. The summed E-state index contributed by atoms with van der Waals surface area (Å²) < 4.78 is 32.7. The Morgan fingerprint density at radius 2 is 1.86 bits per heavy atom. The highest BCUT2D eigenvalue weighted by atomic mass is 19.1. The Balaban J connectivity index is 1.41. The number of nitrogens with zero attached hydrogens (tertiary/aromatic N) is 3. The molecule has 36 heavy (non-hydrogen) atoms. The van der Waals surface area contributed by atoms with Gasteiger partial charge in [0.1, 0.15) is 30.4 Å². The van der Waals surface area contributed by atoms with Gasteiger partial charge in [0, 0.05) is 36.6 Å². The van der Waals surface area contributed by atoms with Crippen molar-refractivity contribution in [2.75, 3.05) is 49.7 Å². The maximum Gasteiger partial charge on any atom is 0.227 e. The minimum absolute atomic E-state index is 0.384. The molecule has 2 aromatic carbocycles. The number of hydrogen-bond acceptors (Lipinski definition) is 7. The van der Waals surface area contributed by atoms with Gasteiger partial charge in [-0.05, 0) is 49.6 Å². The van der Waals surface area contributed by atoms with E-state index in [0.29, 0.717) is 70.5 Å². The van der Waals surface area contributed by atoms with Gasteiger partial charge in [0.2, 0.25) is 5.95 Å². The molecular weight excluding hydrogens is 459 g/mol. The van der Waals surface area contributed by atoms with Gasteiger partial charge in [0.25, 0.3) is 0 Å². The summed E-state index contributed by atoms with van der Waals surface area (Å²) in [5.41, 5.74) is 2.29. The molecule has 1 fully saturated rings. The number of benzene rings is 2. The third kappa shape index (κ3) is 5.76. The SMILES string of the molecule is C=CCC1(F)CCN(c2ccc3cc2OCCOCCOc2cccc(c2)-c2ccnc(n2)N3)CC1. The van der Waals surface area contributed by atoms with Gasteiger partial charge in [-0.2, -0.15) is 0 Å². The molecule has 3 aromatic rings. The Kier molecular flexibility index (Phi) is 7.32. The maximum absolute atomic E-state index is 15.0. The van der Waals surface area contributed by atoms with Gasteiger partial charge in [0.05, 0.1) is 24.6 Å². The second-order valence-electron chi connectivity index (χ2n) is 9.04. The first-order chi connectivity index (χ1) is 17.6. The number of ether oxygens (including phenoxy) is 3. The van der Waals surface area contributed by atoms with E-state index in [2.05, 4.69) is 26.8 Å². The van der Waals surface area contributed by atoms with E-state index >= 15 is 0 Å². The second-order valence-corrected chi connectivity index (χ2v) is 9.04. The van der Waals surface area contributed by atoms with E-state index in [1.165, 1.54) is 0 Å². The van der Waals surface area contributed by atoms with Crippen LogP contribution in [0.15, 0.2) is 67.4 Å². The molecule has 0 radical (unpaired) electrons. The lowest BCUT2D eigenvalue weighted by molar-refractivity contribution is 0.0764. The number of fused-ring (bicyclic) bond motifs is 7. The van der Waals surface area contributed by atoms with E-state index in [0.717, 1.165) is 28.4 Å². The zero-order chi connectivity index (χ0) is 24.8. The molecule has 1 saturated heterocycles. The van der Waals surface area contributed by atoms with Crippen LogP contribution >= 0.6 is 0 Å². The highest BCUT2D eigenvalue weighted by molar-refractivity contribution is 5.69. The van der Waals surface area contributed by atoms with Crippen molar-refractivity contribution in [1.29, 1.82) is 0 Å². The molecule has 8 heteroatoms. The number of rotatable bonds is 3. The molecule has 0 saturated carbocycles. The van der Waals surface area contributed by atoms with Gasteiger partial charge >= 0.3 is 0 Å². The van der Waals surface area contributed by atoms with E-state index < -0.39 is 5.67 Å². The van der Waals surface area contributed by atoms with Gasteiger partial charge in [-0.15, -0.1) is 6.58 Å². The molecule has 1 N–H and O–H groups in total. The predicted octanol–water partition coefficient (Wildman–Crippen LogP) is 5.56. The normalized spacial score (nSPS) is 17.6. The molecule has 0 atom stereocenters. The summed E-state index contributed by atoms with van der Waals surface area (Å²) in [5, 5.41) is 3.29. The van der Waals surface area contributed by atoms with Crippen LogP contribution in [0.25, 0.3) is 11.3 Å². The quantitative estimate of drug-likeness (QED) is 0.482. The van der Waals surface area contributed by atoms with Crippen LogP contribution in [0, 0.1) is 0 Å². The first-order valence-electron chi connectivity index (χ1n) is 12.3. The van der Waals surface area contributed by atoms with Gasteiger partial charge in [-0.1, -0.05) is 18.2 Å². The highest BCUT2D eigenvalue weighted by Gasteiger charge is 2.34. The van der Waals surface area contributed by atoms with Crippen molar-refractivity contribution in [3.63, 3.8) is 0 Å². The topological polar surface area (TPSA) is 68.7 Å². The molecule has 7 nitrogen and oxygen atoms in total. The van der Waals surface area contributed by atoms with Crippen LogP contribution < -0.4 is 19.7 Å². The first-order valence-corrected chi connectivity index (χ1v) is 12.3. The first kappa shape index (κ1) is 24.1. The summed E-state index contributed by atoms with van der Waals surface area (Å²) in [7, 11) is 0. The fourth-order valence-corrected chi connectivity index (χ4v) is 4.56. The molecule has 0 spiro atoms. The summed E-state index contributed by atoms with van der Waals surface area (Å²) in [6.45, 7) is 6.64. The zero-order valence-corrected chi connectivity index (χ0v) is 20.3. The zero-order valence-electron chi connectivity index (χ0n) is 20.3. The summed E-state index contributed by atoms with van der Waals surface area (Å²) in [6.07, 6.45) is 4.71. The average molecular weight is 491 g/mol. The third-order valence-electron chi connectivity index (χ3n) is 6.49. The van der Waals surface area contributed by atoms with Gasteiger partial charge in [-0.3, -0.25) is 0 Å². The molecule has 3 heterocycles. The van der Waals surface area contributed by atoms with Crippen LogP contribution in [0.2, 0.25) is 0 Å². The van der Waals surface area contributed by atoms with Crippen LogP contribution in [0.5, 0.6) is 11.5 Å². The summed E-state index contributed by atoms with van der Waals surface area (Å²) in [6, 6.07) is 15.6. The molecule has 0 amide bonds. The van der Waals surface area contributed by atoms with Crippen molar-refractivity contribution >= 4 is 17.3 Å². The van der Waals surface area contributed by atoms with Crippen molar-refractivity contribution in [3.8, 4) is 22.8 Å². The minimum Gasteiger partial charge on any atom is -0.491 e. The number of hydrogen-bond donors (Lipinski definition) is 1. The lowest BCUT2D eigenvalue weighted by Crippen LogP contribution is -2.41. The Morgan fingerprint density at radius 1 is 1.03 bits per heavy atom.